The van der Waals surface area contributed by atoms with E-state index in [9.17, 15) is 13.2 Å². The molecule has 1 aromatic rings. The van der Waals surface area contributed by atoms with E-state index >= 15 is 0 Å². The van der Waals surface area contributed by atoms with Crippen LogP contribution in [0, 0.1) is 5.41 Å². The smallest absolute Gasteiger partial charge is 0.241 e. The van der Waals surface area contributed by atoms with E-state index in [-0.39, 0.29) is 16.2 Å². The minimum atomic E-state index is -3.60. The zero-order chi connectivity index (χ0) is 18.3. The highest BCUT2D eigenvalue weighted by Gasteiger charge is 2.31. The van der Waals surface area contributed by atoms with Gasteiger partial charge >= 0.3 is 0 Å². The predicted molar refractivity (Wildman–Crippen MR) is 96.6 cm³/mol. The SMILES string of the molecule is CC(=O)N1CCc2cc(S(=O)(=O)NC(C)(C)CC(C)(C)C)ccc21. The predicted octanol–water partition coefficient (Wildman–Crippen LogP) is 3.09. The Morgan fingerprint density at radius 2 is 1.83 bits per heavy atom. The summed E-state index contributed by atoms with van der Waals surface area (Å²) in [5, 5.41) is 0. The molecule has 1 heterocycles. The summed E-state index contributed by atoms with van der Waals surface area (Å²) < 4.78 is 28.3. The van der Waals surface area contributed by atoms with E-state index in [1.165, 1.54) is 6.92 Å². The van der Waals surface area contributed by atoms with Gasteiger partial charge in [-0.1, -0.05) is 20.8 Å². The maximum absolute atomic E-state index is 12.8. The normalized spacial score (nSPS) is 15.5. The van der Waals surface area contributed by atoms with Crippen LogP contribution < -0.4 is 9.62 Å². The Kier molecular flexibility index (Phi) is 4.85. The molecule has 5 nitrogen and oxygen atoms in total. The summed E-state index contributed by atoms with van der Waals surface area (Å²) in [5.41, 5.74) is 1.20. The van der Waals surface area contributed by atoms with Crippen molar-refractivity contribution in [2.75, 3.05) is 11.4 Å². The van der Waals surface area contributed by atoms with Crippen LogP contribution in [0.2, 0.25) is 0 Å². The number of fused-ring (bicyclic) bond motifs is 1. The van der Waals surface area contributed by atoms with Gasteiger partial charge in [0.05, 0.1) is 4.90 Å². The lowest BCUT2D eigenvalue weighted by molar-refractivity contribution is -0.116. The second-order valence-corrected chi connectivity index (χ2v) is 10.1. The number of benzene rings is 1. The molecule has 1 aromatic carbocycles. The molecule has 2 rings (SSSR count). The van der Waals surface area contributed by atoms with E-state index in [0.717, 1.165) is 17.7 Å². The van der Waals surface area contributed by atoms with E-state index in [2.05, 4.69) is 25.5 Å². The van der Waals surface area contributed by atoms with E-state index in [1.54, 1.807) is 23.1 Å². The highest BCUT2D eigenvalue weighted by atomic mass is 32.2. The van der Waals surface area contributed by atoms with Crippen LogP contribution in [-0.4, -0.2) is 26.4 Å². The molecule has 134 valence electrons. The average Bonchev–Trinajstić information content (AvgIpc) is 2.76. The van der Waals surface area contributed by atoms with Crippen molar-refractivity contribution in [2.24, 2.45) is 5.41 Å². The van der Waals surface area contributed by atoms with Crippen LogP contribution in [0.15, 0.2) is 23.1 Å². The van der Waals surface area contributed by atoms with Gasteiger partial charge in [0, 0.05) is 24.7 Å². The third-order valence-corrected chi connectivity index (χ3v) is 5.72. The number of rotatable bonds is 4. The van der Waals surface area contributed by atoms with Crippen molar-refractivity contribution < 1.29 is 13.2 Å². The highest BCUT2D eigenvalue weighted by Crippen LogP contribution is 2.32. The van der Waals surface area contributed by atoms with Crippen molar-refractivity contribution in [3.63, 3.8) is 0 Å². The lowest BCUT2D eigenvalue weighted by Crippen LogP contribution is -2.45. The van der Waals surface area contributed by atoms with Crippen molar-refractivity contribution in [1.29, 1.82) is 0 Å². The quantitative estimate of drug-likeness (QED) is 0.905. The van der Waals surface area contributed by atoms with Crippen molar-refractivity contribution >= 4 is 21.6 Å². The third kappa shape index (κ3) is 4.36. The van der Waals surface area contributed by atoms with Gasteiger partial charge in [0.15, 0.2) is 0 Å². The maximum atomic E-state index is 12.8. The first-order chi connectivity index (χ1) is 10.8. The molecule has 0 saturated heterocycles. The van der Waals surface area contributed by atoms with E-state index in [1.807, 2.05) is 13.8 Å². The molecule has 0 bridgehead atoms. The second-order valence-electron chi connectivity index (χ2n) is 8.44. The summed E-state index contributed by atoms with van der Waals surface area (Å²) in [4.78, 5) is 13.5. The summed E-state index contributed by atoms with van der Waals surface area (Å²) in [6.45, 7) is 12.2. The monoisotopic (exact) mass is 352 g/mol. The molecule has 1 amide bonds. The summed E-state index contributed by atoms with van der Waals surface area (Å²) in [6.07, 6.45) is 1.41. The number of hydrogen-bond acceptors (Lipinski definition) is 3. The van der Waals surface area contributed by atoms with Gasteiger partial charge in [-0.15, -0.1) is 0 Å². The average molecular weight is 353 g/mol. The Balaban J connectivity index is 2.27. The number of anilines is 1. The first-order valence-electron chi connectivity index (χ1n) is 8.26. The fourth-order valence-electron chi connectivity index (χ4n) is 3.66. The number of nitrogens with zero attached hydrogens (tertiary/aromatic N) is 1. The fourth-order valence-corrected chi connectivity index (χ4v) is 5.12. The van der Waals surface area contributed by atoms with E-state index in [4.69, 9.17) is 0 Å². The Morgan fingerprint density at radius 3 is 2.38 bits per heavy atom. The molecule has 24 heavy (non-hydrogen) atoms. The number of hydrogen-bond donors (Lipinski definition) is 1. The molecule has 0 radical (unpaired) electrons. The number of carbonyl (C=O) groups excluding carboxylic acids is 1. The molecule has 0 aliphatic carbocycles. The Labute approximate surface area is 145 Å². The highest BCUT2D eigenvalue weighted by molar-refractivity contribution is 7.89. The Morgan fingerprint density at radius 1 is 1.21 bits per heavy atom. The van der Waals surface area contributed by atoms with Gasteiger partial charge in [0.1, 0.15) is 0 Å². The molecule has 0 spiro atoms. The van der Waals surface area contributed by atoms with E-state index < -0.39 is 15.6 Å². The summed E-state index contributed by atoms with van der Waals surface area (Å²) >= 11 is 0. The van der Waals surface area contributed by atoms with Crippen LogP contribution >= 0.6 is 0 Å². The minimum Gasteiger partial charge on any atom is -0.312 e. The van der Waals surface area contributed by atoms with Crippen LogP contribution in [-0.2, 0) is 21.2 Å². The lowest BCUT2D eigenvalue weighted by Gasteiger charge is -2.33. The first kappa shape index (κ1) is 18.9. The molecule has 0 aromatic heterocycles. The van der Waals surface area contributed by atoms with Crippen molar-refractivity contribution in [1.82, 2.24) is 4.72 Å². The van der Waals surface area contributed by atoms with Gasteiger partial charge in [0.25, 0.3) is 0 Å². The molecule has 6 heteroatoms. The lowest BCUT2D eigenvalue weighted by atomic mass is 9.82. The van der Waals surface area contributed by atoms with Gasteiger partial charge < -0.3 is 4.90 Å². The minimum absolute atomic E-state index is 0.0196. The molecule has 0 fully saturated rings. The Bertz CT molecular complexity index is 746. The van der Waals surface area contributed by atoms with Crippen molar-refractivity contribution in [3.8, 4) is 0 Å². The first-order valence-corrected chi connectivity index (χ1v) is 9.74. The van der Waals surface area contributed by atoms with Gasteiger partial charge in [-0.25, -0.2) is 13.1 Å². The third-order valence-electron chi connectivity index (χ3n) is 4.02. The van der Waals surface area contributed by atoms with Crippen LogP contribution in [0.3, 0.4) is 0 Å². The second kappa shape index (κ2) is 6.15. The molecular weight excluding hydrogens is 324 g/mol. The number of nitrogens with one attached hydrogen (secondary N) is 1. The largest absolute Gasteiger partial charge is 0.312 e. The summed E-state index contributed by atoms with van der Waals surface area (Å²) in [6, 6.07) is 5.00. The Hall–Kier alpha value is -1.40. The van der Waals surface area contributed by atoms with Gasteiger partial charge in [0.2, 0.25) is 15.9 Å². The number of amides is 1. The zero-order valence-electron chi connectivity index (χ0n) is 15.4. The molecular formula is C18H28N2O3S. The van der Waals surface area contributed by atoms with Crippen LogP contribution in [0.4, 0.5) is 5.69 Å². The maximum Gasteiger partial charge on any atom is 0.241 e. The summed E-state index contributed by atoms with van der Waals surface area (Å²) in [5.74, 6) is -0.0196. The van der Waals surface area contributed by atoms with Crippen molar-refractivity contribution in [3.05, 3.63) is 23.8 Å². The molecule has 0 atom stereocenters. The van der Waals surface area contributed by atoms with Gasteiger partial charge in [-0.05, 0) is 55.9 Å². The van der Waals surface area contributed by atoms with Crippen LogP contribution in [0.5, 0.6) is 0 Å². The fraction of sp³-hybridized carbons (Fsp3) is 0.611. The molecule has 1 aliphatic heterocycles. The standard InChI is InChI=1S/C18H28N2O3S/c1-13(21)20-10-9-14-11-15(7-8-16(14)20)24(22,23)19-18(5,6)12-17(2,3)4/h7-8,11,19H,9-10,12H2,1-6H3. The number of carbonyl (C=O) groups is 1. The topological polar surface area (TPSA) is 66.5 Å². The molecule has 1 N–H and O–H groups in total. The molecule has 0 unspecified atom stereocenters. The zero-order valence-corrected chi connectivity index (χ0v) is 16.3. The summed E-state index contributed by atoms with van der Waals surface area (Å²) in [7, 11) is -3.60. The van der Waals surface area contributed by atoms with E-state index in [0.29, 0.717) is 13.0 Å². The van der Waals surface area contributed by atoms with Crippen molar-refractivity contribution in [2.45, 2.75) is 64.8 Å². The molecule has 0 saturated carbocycles. The van der Waals surface area contributed by atoms with Crippen LogP contribution in [0.25, 0.3) is 0 Å². The van der Waals surface area contributed by atoms with Crippen LogP contribution in [0.1, 0.15) is 53.5 Å². The molecule has 1 aliphatic rings. The number of sulfonamides is 1. The van der Waals surface area contributed by atoms with Gasteiger partial charge in [-0.3, -0.25) is 4.79 Å². The van der Waals surface area contributed by atoms with Gasteiger partial charge in [-0.2, -0.15) is 0 Å².